The van der Waals surface area contributed by atoms with E-state index in [1.54, 1.807) is 53.4 Å². The van der Waals surface area contributed by atoms with Crippen LogP contribution < -0.4 is 46.7 Å². The highest BCUT2D eigenvalue weighted by Gasteiger charge is 2.56. The third-order valence-electron chi connectivity index (χ3n) is 12.8. The van der Waals surface area contributed by atoms with Crippen LogP contribution in [-0.4, -0.2) is 56.5 Å². The zero-order valence-electron chi connectivity index (χ0n) is 40.5. The first-order chi connectivity index (χ1) is 24.5. The molecule has 1 aliphatic rings. The van der Waals surface area contributed by atoms with Gasteiger partial charge in [-0.05, 0) is 75.2 Å². The summed E-state index contributed by atoms with van der Waals surface area (Å²) in [4.78, 5) is 0. The van der Waals surface area contributed by atoms with Crippen molar-refractivity contribution in [3.63, 3.8) is 0 Å². The standard InChI is InChI=1S/C48H82Si7/c1-32-26-39(49(8,9)10)46(52(17,18)19)42(29-32)55(45-37(6)35(4)36(5)38(45)7,43-30-33(2)27-40(50(11,12)13)47(43)53(20,21)22)44-31-34(3)28-41(51(14,15)16)48(44)54(23,24)25/h26-31,45H,1-25H3. The monoisotopic (exact) mass is 854 g/mol. The minimum atomic E-state index is -3.03. The predicted octanol–water partition coefficient (Wildman–Crippen LogP) is 9.41. The molecule has 0 nitrogen and oxygen atoms in total. The van der Waals surface area contributed by atoms with Crippen LogP contribution in [0.2, 0.25) is 123 Å². The zero-order valence-corrected chi connectivity index (χ0v) is 47.5. The molecule has 4 rings (SSSR count). The van der Waals surface area contributed by atoms with E-state index in [2.05, 4.69) is 203 Å². The molecule has 3 aromatic rings. The maximum absolute atomic E-state index is 3.03. The van der Waals surface area contributed by atoms with Gasteiger partial charge in [-0.3, -0.25) is 0 Å². The third kappa shape index (κ3) is 8.42. The van der Waals surface area contributed by atoms with E-state index in [1.165, 1.54) is 16.7 Å². The first-order valence-corrected chi connectivity index (χ1v) is 44.4. The summed E-state index contributed by atoms with van der Waals surface area (Å²) < 4.78 is 0. The molecule has 302 valence electrons. The Morgan fingerprint density at radius 2 is 0.491 bits per heavy atom. The maximum atomic E-state index is 2.82. The molecule has 0 bridgehead atoms. The zero-order chi connectivity index (χ0) is 42.6. The molecule has 0 aromatic heterocycles. The molecule has 0 atom stereocenters. The Hall–Kier alpha value is -1.34. The van der Waals surface area contributed by atoms with Crippen molar-refractivity contribution >= 4 is 103 Å². The van der Waals surface area contributed by atoms with Gasteiger partial charge in [0.25, 0.3) is 0 Å². The van der Waals surface area contributed by atoms with Gasteiger partial charge in [-0.1, -0.05) is 213 Å². The normalized spacial score (nSPS) is 15.9. The van der Waals surface area contributed by atoms with E-state index in [0.29, 0.717) is 5.54 Å². The molecule has 0 fully saturated rings. The number of benzene rings is 3. The molecule has 0 unspecified atom stereocenters. The number of aryl methyl sites for hydroxylation is 3. The molecule has 0 amide bonds. The summed E-state index contributed by atoms with van der Waals surface area (Å²) in [6.07, 6.45) is 0. The fourth-order valence-electron chi connectivity index (χ4n) is 10.4. The third-order valence-corrected chi connectivity index (χ3v) is 32.0. The average molecular weight is 856 g/mol. The largest absolute Gasteiger partial charge is 0.158 e. The van der Waals surface area contributed by atoms with Crippen molar-refractivity contribution in [1.29, 1.82) is 0 Å². The average Bonchev–Trinajstić information content (AvgIpc) is 3.16. The van der Waals surface area contributed by atoms with Crippen molar-refractivity contribution in [3.8, 4) is 0 Å². The van der Waals surface area contributed by atoms with Crippen molar-refractivity contribution in [2.75, 3.05) is 0 Å². The first kappa shape index (κ1) is 46.3. The lowest BCUT2D eigenvalue weighted by atomic mass is 10.1. The van der Waals surface area contributed by atoms with Gasteiger partial charge in [0.15, 0.2) is 8.07 Å². The van der Waals surface area contributed by atoms with E-state index < -0.39 is 56.5 Å². The van der Waals surface area contributed by atoms with Crippen molar-refractivity contribution in [1.82, 2.24) is 0 Å². The van der Waals surface area contributed by atoms with Crippen molar-refractivity contribution < 1.29 is 0 Å². The number of hydrogen-bond donors (Lipinski definition) is 0. The summed E-state index contributed by atoms with van der Waals surface area (Å²) >= 11 is 0. The number of allylic oxidation sites excluding steroid dienone is 4. The summed E-state index contributed by atoms with van der Waals surface area (Å²) in [6, 6.07) is 16.5. The molecule has 0 saturated heterocycles. The van der Waals surface area contributed by atoms with Crippen LogP contribution in [0.5, 0.6) is 0 Å². The Bertz CT molecular complexity index is 1850. The minimum Gasteiger partial charge on any atom is -0.0656 e. The van der Waals surface area contributed by atoms with Gasteiger partial charge in [0.2, 0.25) is 0 Å². The van der Waals surface area contributed by atoms with Crippen LogP contribution in [-0.2, 0) is 0 Å². The molecule has 3 aromatic carbocycles. The number of rotatable bonds is 10. The molecule has 1 aliphatic carbocycles. The quantitative estimate of drug-likeness (QED) is 0.141. The Morgan fingerprint density at radius 1 is 0.291 bits per heavy atom. The Balaban J connectivity index is 2.76. The summed E-state index contributed by atoms with van der Waals surface area (Å²) in [7, 11) is -14.2. The van der Waals surface area contributed by atoms with Crippen LogP contribution in [0.3, 0.4) is 0 Å². The van der Waals surface area contributed by atoms with Crippen LogP contribution in [0.1, 0.15) is 44.4 Å². The fraction of sp³-hybridized carbons (Fsp3) is 0.542. The van der Waals surface area contributed by atoms with Gasteiger partial charge in [-0.15, -0.1) is 0 Å². The number of hydrogen-bond acceptors (Lipinski definition) is 0. The van der Waals surface area contributed by atoms with Gasteiger partial charge in [0.1, 0.15) is 0 Å². The van der Waals surface area contributed by atoms with Gasteiger partial charge >= 0.3 is 0 Å². The highest BCUT2D eigenvalue weighted by molar-refractivity contribution is 7.22. The molecular weight excluding hydrogens is 773 g/mol. The lowest BCUT2D eigenvalue weighted by Gasteiger charge is -2.50. The first-order valence-electron chi connectivity index (χ1n) is 21.3. The molecule has 0 saturated carbocycles. The molecule has 0 N–H and O–H groups in total. The van der Waals surface area contributed by atoms with E-state index >= 15 is 0 Å². The topological polar surface area (TPSA) is 0 Å². The van der Waals surface area contributed by atoms with Crippen molar-refractivity contribution in [3.05, 3.63) is 75.4 Å². The van der Waals surface area contributed by atoms with E-state index in [9.17, 15) is 0 Å². The van der Waals surface area contributed by atoms with Crippen LogP contribution in [0.4, 0.5) is 0 Å². The van der Waals surface area contributed by atoms with E-state index in [0.717, 1.165) is 0 Å². The Labute approximate surface area is 348 Å². The van der Waals surface area contributed by atoms with E-state index in [1.807, 2.05) is 15.6 Å². The molecule has 0 aliphatic heterocycles. The Morgan fingerprint density at radius 3 is 0.673 bits per heavy atom. The van der Waals surface area contributed by atoms with Gasteiger partial charge in [-0.2, -0.15) is 0 Å². The van der Waals surface area contributed by atoms with Crippen LogP contribution in [0.15, 0.2) is 58.7 Å². The minimum absolute atomic E-state index is 0.372. The van der Waals surface area contributed by atoms with Crippen LogP contribution in [0, 0.1) is 20.8 Å². The van der Waals surface area contributed by atoms with Gasteiger partial charge < -0.3 is 0 Å². The van der Waals surface area contributed by atoms with Gasteiger partial charge in [0, 0.05) is 5.54 Å². The molecule has 7 heteroatoms. The second kappa shape index (κ2) is 14.7. The highest BCUT2D eigenvalue weighted by atomic mass is 28.3. The van der Waals surface area contributed by atoms with Crippen molar-refractivity contribution in [2.24, 2.45) is 0 Å². The molecule has 55 heavy (non-hydrogen) atoms. The van der Waals surface area contributed by atoms with Crippen molar-refractivity contribution in [2.45, 2.75) is 172 Å². The fourth-order valence-corrected chi connectivity index (χ4v) is 39.1. The summed E-state index contributed by atoms with van der Waals surface area (Å²) in [5.74, 6) is 0. The lowest BCUT2D eigenvalue weighted by Crippen LogP contribution is -2.85. The Kier molecular flexibility index (Phi) is 12.4. The molecular formula is C48H82Si7. The van der Waals surface area contributed by atoms with E-state index in [4.69, 9.17) is 0 Å². The summed E-state index contributed by atoms with van der Waals surface area (Å²) in [5, 5.41) is 16.1. The van der Waals surface area contributed by atoms with Gasteiger partial charge in [0.05, 0.1) is 48.4 Å². The molecule has 0 spiro atoms. The smallest absolute Gasteiger partial charge is 0.0656 e. The van der Waals surface area contributed by atoms with E-state index in [-0.39, 0.29) is 0 Å². The van der Waals surface area contributed by atoms with Crippen LogP contribution >= 0.6 is 0 Å². The van der Waals surface area contributed by atoms with Crippen LogP contribution in [0.25, 0.3) is 0 Å². The maximum Gasteiger partial charge on any atom is 0.158 e. The second-order valence-corrected chi connectivity index (χ2v) is 58.0. The summed E-state index contributed by atoms with van der Waals surface area (Å²) in [5.41, 5.74) is 11.2. The lowest BCUT2D eigenvalue weighted by molar-refractivity contribution is 1.09. The van der Waals surface area contributed by atoms with Gasteiger partial charge in [-0.25, -0.2) is 0 Å². The second-order valence-electron chi connectivity index (χ2n) is 24.1. The predicted molar refractivity (Wildman–Crippen MR) is 277 cm³/mol. The SMILES string of the molecule is CC1=C(C)C([Si](c2cc(C)cc([Si](C)(C)C)c2[Si](C)(C)C)(c2cc(C)cc([Si](C)(C)C)c2[Si](C)(C)C)c2cc(C)cc([Si](C)(C)C)c2[Si](C)(C)C)C(C)=C1C. The summed E-state index contributed by atoms with van der Waals surface area (Å²) in [6.45, 7) is 65.3. The highest BCUT2D eigenvalue weighted by Crippen LogP contribution is 2.46. The molecule has 0 heterocycles. The molecule has 0 radical (unpaired) electrons.